The first-order valence-electron chi connectivity index (χ1n) is 6.49. The summed E-state index contributed by atoms with van der Waals surface area (Å²) in [6.07, 6.45) is 10.5. The van der Waals surface area contributed by atoms with Gasteiger partial charge in [0.1, 0.15) is 0 Å². The number of hydrogen-bond donors (Lipinski definition) is 0. The largest absolute Gasteiger partial charge is 0.298 e. The lowest BCUT2D eigenvalue weighted by atomic mass is 10.2. The van der Waals surface area contributed by atoms with Crippen LogP contribution in [0.15, 0.2) is 12.4 Å². The highest BCUT2D eigenvalue weighted by Gasteiger charge is 2.29. The molecule has 0 unspecified atom stereocenters. The summed E-state index contributed by atoms with van der Waals surface area (Å²) in [6.45, 7) is 4.11. The maximum Gasteiger partial charge on any atom is 0.0534 e. The van der Waals surface area contributed by atoms with Gasteiger partial charge in [-0.1, -0.05) is 6.42 Å². The SMILES string of the molecule is CCn1cc(CN(C)[C@H]2CCC[C@@H]2SC)cn1. The van der Waals surface area contributed by atoms with Crippen molar-refractivity contribution in [2.24, 2.45) is 0 Å². The smallest absolute Gasteiger partial charge is 0.0534 e. The molecular weight excluding hydrogens is 230 g/mol. The normalized spacial score (nSPS) is 24.7. The van der Waals surface area contributed by atoms with E-state index in [-0.39, 0.29) is 0 Å². The second kappa shape index (κ2) is 5.91. The van der Waals surface area contributed by atoms with Crippen LogP contribution in [0, 0.1) is 0 Å². The Hall–Kier alpha value is -0.480. The molecule has 1 aliphatic rings. The molecule has 4 heteroatoms. The molecule has 2 rings (SSSR count). The second-order valence-corrected chi connectivity index (χ2v) is 5.97. The Balaban J connectivity index is 1.93. The van der Waals surface area contributed by atoms with Crippen molar-refractivity contribution in [1.82, 2.24) is 14.7 Å². The number of nitrogens with zero attached hydrogens (tertiary/aromatic N) is 3. The van der Waals surface area contributed by atoms with Crippen LogP contribution in [0.25, 0.3) is 0 Å². The van der Waals surface area contributed by atoms with Gasteiger partial charge in [0.05, 0.1) is 6.20 Å². The fourth-order valence-electron chi connectivity index (χ4n) is 2.75. The molecule has 0 N–H and O–H groups in total. The topological polar surface area (TPSA) is 21.1 Å². The lowest BCUT2D eigenvalue weighted by molar-refractivity contribution is 0.241. The maximum absolute atomic E-state index is 4.34. The zero-order valence-electron chi connectivity index (χ0n) is 11.1. The van der Waals surface area contributed by atoms with E-state index in [1.165, 1.54) is 24.8 Å². The zero-order valence-corrected chi connectivity index (χ0v) is 11.9. The van der Waals surface area contributed by atoms with Crippen LogP contribution in [0.5, 0.6) is 0 Å². The summed E-state index contributed by atoms with van der Waals surface area (Å²) in [4.78, 5) is 2.51. The van der Waals surface area contributed by atoms with Gasteiger partial charge in [0.15, 0.2) is 0 Å². The molecule has 3 nitrogen and oxygen atoms in total. The van der Waals surface area contributed by atoms with Gasteiger partial charge >= 0.3 is 0 Å². The van der Waals surface area contributed by atoms with Crippen molar-refractivity contribution in [2.45, 2.75) is 50.6 Å². The molecule has 0 bridgehead atoms. The summed E-state index contributed by atoms with van der Waals surface area (Å²) in [5.74, 6) is 0. The minimum absolute atomic E-state index is 0.745. The fraction of sp³-hybridized carbons (Fsp3) is 0.769. The molecule has 0 radical (unpaired) electrons. The van der Waals surface area contributed by atoms with E-state index in [4.69, 9.17) is 0 Å². The number of hydrogen-bond acceptors (Lipinski definition) is 3. The van der Waals surface area contributed by atoms with Gasteiger partial charge in [-0.15, -0.1) is 0 Å². The van der Waals surface area contributed by atoms with E-state index in [1.54, 1.807) is 0 Å². The quantitative estimate of drug-likeness (QED) is 0.805. The fourth-order valence-corrected chi connectivity index (χ4v) is 3.81. The third-order valence-corrected chi connectivity index (χ3v) is 4.88. The third-order valence-electron chi connectivity index (χ3n) is 3.73. The van der Waals surface area contributed by atoms with E-state index in [1.807, 2.05) is 22.6 Å². The molecule has 1 saturated carbocycles. The Morgan fingerprint density at radius 3 is 3.00 bits per heavy atom. The average molecular weight is 253 g/mol. The number of aryl methyl sites for hydroxylation is 1. The average Bonchev–Trinajstić information content (AvgIpc) is 2.96. The van der Waals surface area contributed by atoms with E-state index in [2.05, 4.69) is 36.4 Å². The lowest BCUT2D eigenvalue weighted by Gasteiger charge is -2.28. The van der Waals surface area contributed by atoms with E-state index in [9.17, 15) is 0 Å². The predicted molar refractivity (Wildman–Crippen MR) is 74.3 cm³/mol. The first-order chi connectivity index (χ1) is 8.24. The van der Waals surface area contributed by atoms with Gasteiger partial charge in [0, 0.05) is 36.1 Å². The molecule has 0 aliphatic heterocycles. The first kappa shape index (κ1) is 13.0. The zero-order chi connectivity index (χ0) is 12.3. The molecule has 96 valence electrons. The summed E-state index contributed by atoms with van der Waals surface area (Å²) < 4.78 is 2.00. The highest BCUT2D eigenvalue weighted by Crippen LogP contribution is 2.32. The molecule has 1 aliphatic carbocycles. The van der Waals surface area contributed by atoms with Crippen molar-refractivity contribution in [3.8, 4) is 0 Å². The van der Waals surface area contributed by atoms with Crippen LogP contribution in [0.2, 0.25) is 0 Å². The molecule has 1 heterocycles. The van der Waals surface area contributed by atoms with Gasteiger partial charge in [0.2, 0.25) is 0 Å². The Morgan fingerprint density at radius 2 is 2.35 bits per heavy atom. The van der Waals surface area contributed by atoms with Gasteiger partial charge in [-0.2, -0.15) is 16.9 Å². The molecule has 1 aromatic heterocycles. The van der Waals surface area contributed by atoms with Crippen LogP contribution < -0.4 is 0 Å². The Morgan fingerprint density at radius 1 is 1.53 bits per heavy atom. The van der Waals surface area contributed by atoms with Gasteiger partial charge in [-0.25, -0.2) is 0 Å². The van der Waals surface area contributed by atoms with Crippen LogP contribution in [0.3, 0.4) is 0 Å². The Bertz CT molecular complexity index is 350. The first-order valence-corrected chi connectivity index (χ1v) is 7.77. The van der Waals surface area contributed by atoms with E-state index >= 15 is 0 Å². The predicted octanol–water partition coefficient (Wildman–Crippen LogP) is 2.62. The van der Waals surface area contributed by atoms with Crippen LogP contribution >= 0.6 is 11.8 Å². The molecule has 0 spiro atoms. The van der Waals surface area contributed by atoms with Gasteiger partial charge in [-0.05, 0) is 33.1 Å². The van der Waals surface area contributed by atoms with Crippen molar-refractivity contribution in [1.29, 1.82) is 0 Å². The maximum atomic E-state index is 4.34. The van der Waals surface area contributed by atoms with E-state index < -0.39 is 0 Å². The molecule has 0 aromatic carbocycles. The van der Waals surface area contributed by atoms with Crippen LogP contribution in [-0.4, -0.2) is 39.3 Å². The highest BCUT2D eigenvalue weighted by molar-refractivity contribution is 7.99. The van der Waals surface area contributed by atoms with Crippen LogP contribution in [-0.2, 0) is 13.1 Å². The summed E-state index contributed by atoms with van der Waals surface area (Å²) in [5.41, 5.74) is 1.33. The van der Waals surface area contributed by atoms with Gasteiger partial charge in [0.25, 0.3) is 0 Å². The van der Waals surface area contributed by atoms with Gasteiger partial charge in [-0.3, -0.25) is 9.58 Å². The Labute approximate surface area is 109 Å². The van der Waals surface area contributed by atoms with E-state index in [0.29, 0.717) is 0 Å². The lowest BCUT2D eigenvalue weighted by Crippen LogP contribution is -2.35. The second-order valence-electron chi connectivity index (χ2n) is 4.89. The van der Waals surface area contributed by atoms with Crippen LogP contribution in [0.4, 0.5) is 0 Å². The molecule has 0 amide bonds. The van der Waals surface area contributed by atoms with Crippen LogP contribution in [0.1, 0.15) is 31.7 Å². The van der Waals surface area contributed by atoms with Crippen molar-refractivity contribution >= 4 is 11.8 Å². The molecule has 17 heavy (non-hydrogen) atoms. The molecule has 1 fully saturated rings. The summed E-state index contributed by atoms with van der Waals surface area (Å²) in [5, 5.41) is 5.16. The number of thioether (sulfide) groups is 1. The van der Waals surface area contributed by atoms with E-state index in [0.717, 1.165) is 24.4 Å². The van der Waals surface area contributed by atoms with Crippen molar-refractivity contribution in [3.05, 3.63) is 18.0 Å². The van der Waals surface area contributed by atoms with Crippen molar-refractivity contribution < 1.29 is 0 Å². The van der Waals surface area contributed by atoms with Crippen molar-refractivity contribution in [3.63, 3.8) is 0 Å². The minimum atomic E-state index is 0.745. The molecule has 0 saturated heterocycles. The van der Waals surface area contributed by atoms with Gasteiger partial charge < -0.3 is 0 Å². The third kappa shape index (κ3) is 3.05. The molecular formula is C13H23N3S. The summed E-state index contributed by atoms with van der Waals surface area (Å²) >= 11 is 2.03. The number of rotatable bonds is 5. The number of aromatic nitrogens is 2. The van der Waals surface area contributed by atoms with Crippen molar-refractivity contribution in [2.75, 3.05) is 13.3 Å². The highest BCUT2D eigenvalue weighted by atomic mass is 32.2. The molecule has 2 atom stereocenters. The standard InChI is InChI=1S/C13H23N3S/c1-4-16-10-11(8-14-16)9-15(2)12-6-5-7-13(12)17-3/h8,10,12-13H,4-7,9H2,1-3H3/t12-,13-/m0/s1. The minimum Gasteiger partial charge on any atom is -0.298 e. The molecule has 1 aromatic rings. The Kier molecular flexibility index (Phi) is 4.51. The summed E-state index contributed by atoms with van der Waals surface area (Å²) in [7, 11) is 2.25. The summed E-state index contributed by atoms with van der Waals surface area (Å²) in [6, 6.07) is 0.745. The monoisotopic (exact) mass is 253 g/mol.